The number of amides is 3. The molecule has 124 valence electrons. The molecule has 1 aliphatic rings. The molecule has 1 heterocycles. The van der Waals surface area contributed by atoms with Gasteiger partial charge in [-0.05, 0) is 59.7 Å². The number of rotatable bonds is 3. The van der Waals surface area contributed by atoms with E-state index in [1.54, 1.807) is 23.1 Å². The topological polar surface area (TPSA) is 61.4 Å². The average Bonchev–Trinajstić information content (AvgIpc) is 3.11. The molecular weight excluding hydrogens is 417 g/mol. The molecule has 2 N–H and O–H groups in total. The summed E-state index contributed by atoms with van der Waals surface area (Å²) >= 11 is 2.14. The van der Waals surface area contributed by atoms with E-state index in [0.717, 1.165) is 29.5 Å². The zero-order valence-corrected chi connectivity index (χ0v) is 15.2. The summed E-state index contributed by atoms with van der Waals surface area (Å²) in [5.74, 6) is -0.192. The van der Waals surface area contributed by atoms with Gasteiger partial charge in [0.15, 0.2) is 0 Å². The number of para-hydroxylation sites is 2. The van der Waals surface area contributed by atoms with Gasteiger partial charge < -0.3 is 15.5 Å². The van der Waals surface area contributed by atoms with Gasteiger partial charge in [0.1, 0.15) is 0 Å². The zero-order valence-electron chi connectivity index (χ0n) is 13.1. The Morgan fingerprint density at radius 2 is 1.46 bits per heavy atom. The van der Waals surface area contributed by atoms with Crippen LogP contribution in [0.2, 0.25) is 0 Å². The van der Waals surface area contributed by atoms with E-state index in [1.165, 1.54) is 0 Å². The van der Waals surface area contributed by atoms with E-state index in [1.807, 2.05) is 30.3 Å². The number of urea groups is 1. The van der Waals surface area contributed by atoms with E-state index in [-0.39, 0.29) is 11.9 Å². The largest absolute Gasteiger partial charge is 0.325 e. The van der Waals surface area contributed by atoms with Gasteiger partial charge in [-0.2, -0.15) is 0 Å². The van der Waals surface area contributed by atoms with Gasteiger partial charge >= 0.3 is 6.03 Å². The molecule has 0 spiro atoms. The second-order valence-corrected chi connectivity index (χ2v) is 6.77. The summed E-state index contributed by atoms with van der Waals surface area (Å²) in [5.41, 5.74) is 1.81. The molecule has 0 saturated carbocycles. The minimum Gasteiger partial charge on any atom is -0.325 e. The number of nitrogens with one attached hydrogen (secondary N) is 2. The molecule has 1 aliphatic heterocycles. The molecule has 24 heavy (non-hydrogen) atoms. The van der Waals surface area contributed by atoms with E-state index in [0.29, 0.717) is 16.9 Å². The summed E-state index contributed by atoms with van der Waals surface area (Å²) in [6, 6.07) is 14.5. The van der Waals surface area contributed by atoms with Gasteiger partial charge in [-0.3, -0.25) is 4.79 Å². The highest BCUT2D eigenvalue weighted by atomic mass is 127. The SMILES string of the molecule is O=C(Nc1ccccc1NC(=O)N1CCCC1)c1ccccc1I. The summed E-state index contributed by atoms with van der Waals surface area (Å²) in [4.78, 5) is 26.6. The van der Waals surface area contributed by atoms with Crippen LogP contribution in [0.1, 0.15) is 23.2 Å². The lowest BCUT2D eigenvalue weighted by atomic mass is 10.2. The minimum atomic E-state index is -0.192. The third-order valence-corrected chi connectivity index (χ3v) is 4.87. The number of halogens is 1. The lowest BCUT2D eigenvalue weighted by molar-refractivity contribution is 0.102. The summed E-state index contributed by atoms with van der Waals surface area (Å²) in [5, 5.41) is 5.78. The van der Waals surface area contributed by atoms with E-state index >= 15 is 0 Å². The minimum absolute atomic E-state index is 0.122. The number of hydrogen-bond donors (Lipinski definition) is 2. The highest BCUT2D eigenvalue weighted by Gasteiger charge is 2.19. The third kappa shape index (κ3) is 3.87. The van der Waals surface area contributed by atoms with Crippen molar-refractivity contribution in [3.63, 3.8) is 0 Å². The number of carbonyl (C=O) groups excluding carboxylic acids is 2. The normalized spacial score (nSPS) is 13.6. The summed E-state index contributed by atoms with van der Waals surface area (Å²) in [6.07, 6.45) is 2.08. The van der Waals surface area contributed by atoms with Gasteiger partial charge in [0.2, 0.25) is 0 Å². The van der Waals surface area contributed by atoms with Crippen LogP contribution in [0.15, 0.2) is 48.5 Å². The van der Waals surface area contributed by atoms with Crippen molar-refractivity contribution in [1.29, 1.82) is 0 Å². The fourth-order valence-electron chi connectivity index (χ4n) is 2.65. The molecule has 0 aromatic heterocycles. The molecule has 0 unspecified atom stereocenters. The first-order valence-electron chi connectivity index (χ1n) is 7.86. The van der Waals surface area contributed by atoms with Gasteiger partial charge in [0.25, 0.3) is 5.91 Å². The number of carbonyl (C=O) groups is 2. The summed E-state index contributed by atoms with van der Waals surface area (Å²) in [6.45, 7) is 1.56. The predicted octanol–water partition coefficient (Wildman–Crippen LogP) is 4.17. The molecule has 0 bridgehead atoms. The number of anilines is 2. The van der Waals surface area contributed by atoms with Crippen molar-refractivity contribution < 1.29 is 9.59 Å². The molecule has 3 rings (SSSR count). The van der Waals surface area contributed by atoms with Crippen LogP contribution in [0, 0.1) is 3.57 Å². The molecule has 3 amide bonds. The standard InChI is InChI=1S/C18H18IN3O2/c19-14-8-2-1-7-13(14)17(23)20-15-9-3-4-10-16(15)21-18(24)22-11-5-6-12-22/h1-4,7-10H,5-6,11-12H2,(H,20,23)(H,21,24). The Morgan fingerprint density at radius 1 is 0.875 bits per heavy atom. The molecule has 1 fully saturated rings. The van der Waals surface area contributed by atoms with E-state index < -0.39 is 0 Å². The number of benzene rings is 2. The van der Waals surface area contributed by atoms with Crippen LogP contribution in [0.3, 0.4) is 0 Å². The van der Waals surface area contributed by atoms with Gasteiger partial charge in [0.05, 0.1) is 16.9 Å². The van der Waals surface area contributed by atoms with Crippen LogP contribution in [0.4, 0.5) is 16.2 Å². The van der Waals surface area contributed by atoms with E-state index in [4.69, 9.17) is 0 Å². The lowest BCUT2D eigenvalue weighted by Gasteiger charge is -2.18. The zero-order chi connectivity index (χ0) is 16.9. The molecule has 6 heteroatoms. The molecule has 5 nitrogen and oxygen atoms in total. The van der Waals surface area contributed by atoms with Crippen LogP contribution >= 0.6 is 22.6 Å². The Bertz CT molecular complexity index is 757. The molecule has 2 aromatic carbocycles. The molecular formula is C18H18IN3O2. The highest BCUT2D eigenvalue weighted by molar-refractivity contribution is 14.1. The second kappa shape index (κ2) is 7.65. The van der Waals surface area contributed by atoms with Gasteiger partial charge in [-0.25, -0.2) is 4.79 Å². The molecule has 1 saturated heterocycles. The Balaban J connectivity index is 1.75. The highest BCUT2D eigenvalue weighted by Crippen LogP contribution is 2.23. The first-order chi connectivity index (χ1) is 11.6. The Labute approximate surface area is 154 Å². The van der Waals surface area contributed by atoms with Crippen molar-refractivity contribution in [1.82, 2.24) is 4.90 Å². The van der Waals surface area contributed by atoms with Gasteiger partial charge in [-0.1, -0.05) is 24.3 Å². The smallest absolute Gasteiger partial charge is 0.321 e. The maximum Gasteiger partial charge on any atom is 0.321 e. The maximum absolute atomic E-state index is 12.5. The Hall–Kier alpha value is -2.09. The van der Waals surface area contributed by atoms with E-state index in [9.17, 15) is 9.59 Å². The fraction of sp³-hybridized carbons (Fsp3) is 0.222. The van der Waals surface area contributed by atoms with Crippen molar-refractivity contribution in [3.05, 3.63) is 57.7 Å². The van der Waals surface area contributed by atoms with Crippen LogP contribution in [-0.2, 0) is 0 Å². The Morgan fingerprint density at radius 3 is 2.12 bits per heavy atom. The second-order valence-electron chi connectivity index (χ2n) is 5.60. The van der Waals surface area contributed by atoms with Crippen LogP contribution in [0.25, 0.3) is 0 Å². The number of likely N-dealkylation sites (tertiary alicyclic amines) is 1. The van der Waals surface area contributed by atoms with Crippen molar-refractivity contribution in [2.75, 3.05) is 23.7 Å². The monoisotopic (exact) mass is 435 g/mol. The third-order valence-electron chi connectivity index (χ3n) is 3.93. The molecule has 0 aliphatic carbocycles. The molecule has 0 atom stereocenters. The number of nitrogens with zero attached hydrogens (tertiary/aromatic N) is 1. The summed E-state index contributed by atoms with van der Waals surface area (Å²) in [7, 11) is 0. The van der Waals surface area contributed by atoms with Crippen molar-refractivity contribution >= 4 is 45.9 Å². The van der Waals surface area contributed by atoms with Gasteiger partial charge in [0, 0.05) is 16.7 Å². The lowest BCUT2D eigenvalue weighted by Crippen LogP contribution is -2.32. The maximum atomic E-state index is 12.5. The van der Waals surface area contributed by atoms with E-state index in [2.05, 4.69) is 33.2 Å². The summed E-state index contributed by atoms with van der Waals surface area (Å²) < 4.78 is 0.881. The fourth-order valence-corrected chi connectivity index (χ4v) is 3.28. The van der Waals surface area contributed by atoms with Gasteiger partial charge in [-0.15, -0.1) is 0 Å². The average molecular weight is 435 g/mol. The van der Waals surface area contributed by atoms with Crippen molar-refractivity contribution in [2.45, 2.75) is 12.8 Å². The quantitative estimate of drug-likeness (QED) is 0.712. The first-order valence-corrected chi connectivity index (χ1v) is 8.94. The number of hydrogen-bond acceptors (Lipinski definition) is 2. The first kappa shape index (κ1) is 16.8. The Kier molecular flexibility index (Phi) is 5.34. The molecule has 0 radical (unpaired) electrons. The predicted molar refractivity (Wildman–Crippen MR) is 103 cm³/mol. The van der Waals surface area contributed by atoms with Crippen molar-refractivity contribution in [3.8, 4) is 0 Å². The van der Waals surface area contributed by atoms with Crippen LogP contribution in [0.5, 0.6) is 0 Å². The van der Waals surface area contributed by atoms with Crippen molar-refractivity contribution in [2.24, 2.45) is 0 Å². The molecule has 2 aromatic rings. The van der Waals surface area contributed by atoms with Crippen LogP contribution in [-0.4, -0.2) is 29.9 Å². The van der Waals surface area contributed by atoms with Crippen LogP contribution < -0.4 is 10.6 Å².